The molecule has 0 amide bonds. The highest BCUT2D eigenvalue weighted by Crippen LogP contribution is 2.32. The fourth-order valence-electron chi connectivity index (χ4n) is 1.69. The van der Waals surface area contributed by atoms with Gasteiger partial charge in [0.2, 0.25) is 0 Å². The smallest absolute Gasteiger partial charge is 0.124 e. The van der Waals surface area contributed by atoms with Gasteiger partial charge < -0.3 is 0 Å². The molecule has 2 aromatic rings. The number of rotatable bonds is 3. The Morgan fingerprint density at radius 2 is 1.78 bits per heavy atom. The van der Waals surface area contributed by atoms with Crippen molar-refractivity contribution in [1.82, 2.24) is 0 Å². The second kappa shape index (κ2) is 6.18. The summed E-state index contributed by atoms with van der Waals surface area (Å²) in [5.74, 6) is -0.313. The minimum absolute atomic E-state index is 0.0757. The van der Waals surface area contributed by atoms with Gasteiger partial charge in [0.05, 0.1) is 0 Å². The summed E-state index contributed by atoms with van der Waals surface area (Å²) in [6.45, 7) is 0. The molecule has 0 saturated heterocycles. The number of alkyl halides is 1. The molecule has 0 bridgehead atoms. The van der Waals surface area contributed by atoms with Crippen LogP contribution in [0.5, 0.6) is 0 Å². The van der Waals surface area contributed by atoms with Gasteiger partial charge in [-0.2, -0.15) is 0 Å². The minimum Gasteiger partial charge on any atom is -0.207 e. The Balaban J connectivity index is 2.16. The molecule has 0 aliphatic heterocycles. The van der Waals surface area contributed by atoms with Crippen LogP contribution in [0.15, 0.2) is 46.9 Å². The van der Waals surface area contributed by atoms with Gasteiger partial charge >= 0.3 is 0 Å². The summed E-state index contributed by atoms with van der Waals surface area (Å²) < 4.78 is 14.0. The maximum absolute atomic E-state index is 13.0. The third-order valence-corrected chi connectivity index (χ3v) is 4.30. The average molecular weight is 392 g/mol. The topological polar surface area (TPSA) is 0 Å². The molecule has 0 saturated carbocycles. The van der Waals surface area contributed by atoms with E-state index in [1.54, 1.807) is 6.07 Å². The fourth-order valence-corrected chi connectivity index (χ4v) is 3.16. The predicted molar refractivity (Wildman–Crippen MR) is 80.9 cm³/mol. The first-order valence-corrected chi connectivity index (χ1v) is 7.48. The maximum atomic E-state index is 13.0. The number of hydrogen-bond donors (Lipinski definition) is 0. The summed E-state index contributed by atoms with van der Waals surface area (Å²) in [7, 11) is 0. The van der Waals surface area contributed by atoms with Crippen LogP contribution in [0.2, 0.25) is 5.02 Å². The van der Waals surface area contributed by atoms with Gasteiger partial charge in [-0.25, -0.2) is 4.39 Å². The van der Waals surface area contributed by atoms with Crippen LogP contribution in [0.3, 0.4) is 0 Å². The molecule has 0 N–H and O–H groups in total. The Hall–Kier alpha value is -0.380. The van der Waals surface area contributed by atoms with Crippen molar-refractivity contribution < 1.29 is 4.39 Å². The molecular formula is C14H10Br2ClF. The zero-order valence-corrected chi connectivity index (χ0v) is 13.3. The molecular weight excluding hydrogens is 382 g/mol. The second-order valence-corrected chi connectivity index (χ2v) is 6.39. The molecule has 1 atom stereocenters. The molecule has 4 heteroatoms. The number of hydrogen-bond acceptors (Lipinski definition) is 0. The van der Waals surface area contributed by atoms with Gasteiger partial charge in [0.1, 0.15) is 5.82 Å². The molecule has 0 radical (unpaired) electrons. The third kappa shape index (κ3) is 3.56. The first-order chi connectivity index (χ1) is 8.56. The molecule has 2 aromatic carbocycles. The van der Waals surface area contributed by atoms with Crippen LogP contribution in [0.25, 0.3) is 0 Å². The van der Waals surface area contributed by atoms with Crippen LogP contribution in [0, 0.1) is 5.82 Å². The lowest BCUT2D eigenvalue weighted by Gasteiger charge is -2.12. The molecule has 0 heterocycles. The Kier molecular flexibility index (Phi) is 4.82. The summed E-state index contributed by atoms with van der Waals surface area (Å²) in [6.07, 6.45) is 0.804. The molecule has 0 aliphatic carbocycles. The van der Waals surface area contributed by atoms with Crippen molar-refractivity contribution in [2.24, 2.45) is 0 Å². The van der Waals surface area contributed by atoms with Crippen LogP contribution in [-0.2, 0) is 6.42 Å². The van der Waals surface area contributed by atoms with Crippen molar-refractivity contribution in [3.8, 4) is 0 Å². The van der Waals surface area contributed by atoms with E-state index in [1.807, 2.05) is 12.1 Å². The predicted octanol–water partition coefficient (Wildman–Crippen LogP) is 5.92. The third-order valence-electron chi connectivity index (χ3n) is 2.63. The highest BCUT2D eigenvalue weighted by Gasteiger charge is 2.12. The maximum Gasteiger partial charge on any atom is 0.124 e. The van der Waals surface area contributed by atoms with Gasteiger partial charge in [-0.3, -0.25) is 0 Å². The summed E-state index contributed by atoms with van der Waals surface area (Å²) in [5.41, 5.74) is 2.10. The zero-order chi connectivity index (χ0) is 13.1. The Morgan fingerprint density at radius 3 is 2.39 bits per heavy atom. The van der Waals surface area contributed by atoms with E-state index < -0.39 is 0 Å². The monoisotopic (exact) mass is 390 g/mol. The van der Waals surface area contributed by atoms with E-state index >= 15 is 0 Å². The van der Waals surface area contributed by atoms with E-state index in [0.717, 1.165) is 16.5 Å². The highest BCUT2D eigenvalue weighted by atomic mass is 79.9. The van der Waals surface area contributed by atoms with Crippen molar-refractivity contribution in [2.75, 3.05) is 0 Å². The summed E-state index contributed by atoms with van der Waals surface area (Å²) in [4.78, 5) is 0.0757. The Morgan fingerprint density at radius 1 is 1.11 bits per heavy atom. The quantitative estimate of drug-likeness (QED) is 0.569. The van der Waals surface area contributed by atoms with Gasteiger partial charge in [0.25, 0.3) is 0 Å². The molecule has 0 aromatic heterocycles. The zero-order valence-electron chi connectivity index (χ0n) is 9.34. The molecule has 2 rings (SSSR count). The van der Waals surface area contributed by atoms with Crippen molar-refractivity contribution in [3.05, 3.63) is 68.9 Å². The van der Waals surface area contributed by atoms with Crippen molar-refractivity contribution >= 4 is 43.5 Å². The lowest BCUT2D eigenvalue weighted by molar-refractivity contribution is 0.627. The standard InChI is InChI=1S/C14H10Br2ClF/c15-10-3-1-9(2-4-10)7-13(16)12-6-5-11(18)8-14(12)17/h1-6,8,13H,7H2. The lowest BCUT2D eigenvalue weighted by atomic mass is 10.0. The van der Waals surface area contributed by atoms with E-state index in [1.165, 1.54) is 17.7 Å². The van der Waals surface area contributed by atoms with Crippen molar-refractivity contribution in [2.45, 2.75) is 11.2 Å². The van der Waals surface area contributed by atoms with E-state index in [4.69, 9.17) is 11.6 Å². The highest BCUT2D eigenvalue weighted by molar-refractivity contribution is 9.10. The van der Waals surface area contributed by atoms with E-state index in [0.29, 0.717) is 5.02 Å². The van der Waals surface area contributed by atoms with Gasteiger partial charge in [-0.05, 0) is 41.8 Å². The van der Waals surface area contributed by atoms with Gasteiger partial charge in [-0.15, -0.1) is 0 Å². The summed E-state index contributed by atoms with van der Waals surface area (Å²) in [5, 5.41) is 0.453. The van der Waals surface area contributed by atoms with Crippen LogP contribution in [-0.4, -0.2) is 0 Å². The Bertz CT molecular complexity index is 540. The molecule has 94 valence electrons. The number of halogens is 4. The molecule has 0 nitrogen and oxygen atoms in total. The first-order valence-electron chi connectivity index (χ1n) is 5.40. The average Bonchev–Trinajstić information content (AvgIpc) is 2.32. The molecule has 18 heavy (non-hydrogen) atoms. The normalized spacial score (nSPS) is 12.4. The van der Waals surface area contributed by atoms with Crippen LogP contribution >= 0.6 is 43.5 Å². The van der Waals surface area contributed by atoms with Gasteiger partial charge in [0.15, 0.2) is 0 Å². The molecule has 1 unspecified atom stereocenters. The Labute approximate surface area is 127 Å². The molecule has 0 aliphatic rings. The van der Waals surface area contributed by atoms with Crippen molar-refractivity contribution in [3.63, 3.8) is 0 Å². The van der Waals surface area contributed by atoms with E-state index in [9.17, 15) is 4.39 Å². The van der Waals surface area contributed by atoms with Crippen LogP contribution in [0.4, 0.5) is 4.39 Å². The first kappa shape index (κ1) is 14.0. The van der Waals surface area contributed by atoms with Gasteiger partial charge in [0, 0.05) is 14.3 Å². The minimum atomic E-state index is -0.313. The second-order valence-electron chi connectivity index (χ2n) is 3.96. The van der Waals surface area contributed by atoms with Crippen LogP contribution in [0.1, 0.15) is 16.0 Å². The largest absolute Gasteiger partial charge is 0.207 e. The van der Waals surface area contributed by atoms with Crippen LogP contribution < -0.4 is 0 Å². The lowest BCUT2D eigenvalue weighted by Crippen LogP contribution is -1.96. The fraction of sp³-hybridized carbons (Fsp3) is 0.143. The molecule has 0 fully saturated rings. The van der Waals surface area contributed by atoms with E-state index in [-0.39, 0.29) is 10.6 Å². The van der Waals surface area contributed by atoms with Crippen molar-refractivity contribution in [1.29, 1.82) is 0 Å². The number of benzene rings is 2. The molecule has 0 spiro atoms. The van der Waals surface area contributed by atoms with E-state index in [2.05, 4.69) is 44.0 Å². The summed E-state index contributed by atoms with van der Waals surface area (Å²) in [6, 6.07) is 12.6. The SMILES string of the molecule is Fc1ccc(C(Br)Cc2ccc(Br)cc2)c(Cl)c1. The summed E-state index contributed by atoms with van der Waals surface area (Å²) >= 11 is 13.0. The van der Waals surface area contributed by atoms with Gasteiger partial charge in [-0.1, -0.05) is 61.7 Å².